The van der Waals surface area contributed by atoms with Crippen molar-refractivity contribution in [1.82, 2.24) is 4.57 Å². The van der Waals surface area contributed by atoms with Crippen molar-refractivity contribution in [3.63, 3.8) is 0 Å². The van der Waals surface area contributed by atoms with Gasteiger partial charge >= 0.3 is 5.97 Å². The lowest BCUT2D eigenvalue weighted by atomic mass is 9.96. The predicted octanol–water partition coefficient (Wildman–Crippen LogP) is 5.07. The van der Waals surface area contributed by atoms with E-state index in [9.17, 15) is 9.59 Å². The zero-order valence-electron chi connectivity index (χ0n) is 21.1. The highest BCUT2D eigenvalue weighted by molar-refractivity contribution is 7.07. The third-order valence-electron chi connectivity index (χ3n) is 5.69. The molecule has 0 amide bonds. The topological polar surface area (TPSA) is 79.1 Å². The van der Waals surface area contributed by atoms with E-state index in [-0.39, 0.29) is 18.8 Å². The van der Waals surface area contributed by atoms with E-state index in [2.05, 4.69) is 11.6 Å². The first-order valence-corrected chi connectivity index (χ1v) is 13.5. The zero-order chi connectivity index (χ0) is 27.4. The molecular weight excluding hydrogens is 547 g/mol. The van der Waals surface area contributed by atoms with Gasteiger partial charge < -0.3 is 14.2 Å². The maximum atomic E-state index is 13.8. The number of aromatic nitrogens is 1. The summed E-state index contributed by atoms with van der Waals surface area (Å²) in [6.07, 6.45) is 3.28. The molecule has 0 spiro atoms. The van der Waals surface area contributed by atoms with Crippen LogP contribution in [0.15, 0.2) is 70.1 Å². The maximum absolute atomic E-state index is 13.8. The number of ether oxygens (including phenoxy) is 3. The van der Waals surface area contributed by atoms with Crippen LogP contribution in [0.3, 0.4) is 0 Å². The lowest BCUT2D eigenvalue weighted by molar-refractivity contribution is -0.139. The minimum atomic E-state index is -0.718. The molecule has 2 aromatic carbocycles. The van der Waals surface area contributed by atoms with Gasteiger partial charge in [0, 0.05) is 0 Å². The first-order valence-electron chi connectivity index (χ1n) is 11.9. The summed E-state index contributed by atoms with van der Waals surface area (Å²) >= 11 is 14.0. The Labute approximate surface area is 233 Å². The third-order valence-corrected chi connectivity index (χ3v) is 7.23. The van der Waals surface area contributed by atoms with E-state index in [0.717, 1.165) is 5.56 Å². The summed E-state index contributed by atoms with van der Waals surface area (Å²) in [5, 5.41) is 0.622. The largest absolute Gasteiger partial charge is 0.494 e. The Balaban J connectivity index is 1.87. The van der Waals surface area contributed by atoms with E-state index >= 15 is 0 Å². The van der Waals surface area contributed by atoms with Crippen molar-refractivity contribution in [3.05, 3.63) is 101 Å². The second kappa shape index (κ2) is 12.0. The number of benzene rings is 2. The number of hydrogen-bond donors (Lipinski definition) is 0. The fourth-order valence-corrected chi connectivity index (χ4v) is 5.77. The molecule has 0 unspecified atom stereocenters. The number of nitrogens with zero attached hydrogens (tertiary/aromatic N) is 2. The average Bonchev–Trinajstić information content (AvgIpc) is 3.17. The number of allylic oxidation sites excluding steroid dienone is 1. The molecule has 10 heteroatoms. The van der Waals surface area contributed by atoms with E-state index in [1.165, 1.54) is 15.9 Å². The summed E-state index contributed by atoms with van der Waals surface area (Å²) in [5.41, 5.74) is 1.85. The molecule has 0 saturated heterocycles. The molecular formula is C28H26Cl2N2O5S. The number of hydrogen-bond acceptors (Lipinski definition) is 7. The van der Waals surface area contributed by atoms with Gasteiger partial charge in [0.1, 0.15) is 12.4 Å². The van der Waals surface area contributed by atoms with Crippen molar-refractivity contribution >= 4 is 46.6 Å². The SMILES string of the molecule is C=CCOc1c(Cl)cc(/C=c2/sc3n(c2=O)[C@H](c2ccc(OCC)cc2)C(C(=O)OCC)=C(C)N=3)cc1Cl. The predicted molar refractivity (Wildman–Crippen MR) is 150 cm³/mol. The molecule has 2 heterocycles. The van der Waals surface area contributed by atoms with Gasteiger partial charge in [0.2, 0.25) is 0 Å². The Hall–Kier alpha value is -3.33. The van der Waals surface area contributed by atoms with E-state index in [1.54, 1.807) is 38.1 Å². The minimum absolute atomic E-state index is 0.198. The molecule has 3 aromatic rings. The van der Waals surface area contributed by atoms with Crippen LogP contribution in [-0.2, 0) is 9.53 Å². The fourth-order valence-electron chi connectivity index (χ4n) is 4.11. The quantitative estimate of drug-likeness (QED) is 0.264. The molecule has 0 saturated carbocycles. The van der Waals surface area contributed by atoms with Gasteiger partial charge in [-0.1, -0.05) is 59.3 Å². The monoisotopic (exact) mass is 572 g/mol. The van der Waals surface area contributed by atoms with Crippen LogP contribution < -0.4 is 24.4 Å². The van der Waals surface area contributed by atoms with E-state index in [1.807, 2.05) is 31.2 Å². The summed E-state index contributed by atoms with van der Waals surface area (Å²) in [7, 11) is 0. The standard InChI is InChI=1S/C28H26Cl2N2O5S/c1-5-12-37-25-20(29)13-17(14-21(25)30)15-22-26(33)32-24(18-8-10-19(11-9-18)35-6-2)23(27(34)36-7-3)16(4)31-28(32)38-22/h5,8-11,13-15,24H,1,6-7,12H2,2-4H3/b22-15+/t24-/m1/s1. The number of esters is 1. The molecule has 1 aliphatic rings. The fraction of sp³-hybridized carbons (Fsp3) is 0.250. The van der Waals surface area contributed by atoms with Gasteiger partial charge in [-0.2, -0.15) is 0 Å². The van der Waals surface area contributed by atoms with E-state index in [0.29, 0.717) is 54.3 Å². The van der Waals surface area contributed by atoms with Crippen LogP contribution in [0.4, 0.5) is 0 Å². The molecule has 0 aliphatic carbocycles. The molecule has 0 radical (unpaired) electrons. The van der Waals surface area contributed by atoms with Crippen LogP contribution in [0.1, 0.15) is 37.9 Å². The summed E-state index contributed by atoms with van der Waals surface area (Å²) in [4.78, 5) is 31.9. The van der Waals surface area contributed by atoms with Crippen LogP contribution in [-0.4, -0.2) is 30.4 Å². The summed E-state index contributed by atoms with van der Waals surface area (Å²) in [6.45, 7) is 9.98. The highest BCUT2D eigenvalue weighted by atomic mass is 35.5. The smallest absolute Gasteiger partial charge is 0.338 e. The third kappa shape index (κ3) is 5.57. The van der Waals surface area contributed by atoms with E-state index < -0.39 is 12.0 Å². The highest BCUT2D eigenvalue weighted by Crippen LogP contribution is 2.35. The normalized spacial score (nSPS) is 15.1. The Morgan fingerprint density at radius 3 is 2.42 bits per heavy atom. The van der Waals surface area contributed by atoms with Gasteiger partial charge in [0.05, 0.1) is 45.1 Å². The van der Waals surface area contributed by atoms with Crippen molar-refractivity contribution in [2.45, 2.75) is 26.8 Å². The van der Waals surface area contributed by atoms with Crippen LogP contribution in [0.2, 0.25) is 10.0 Å². The molecule has 38 heavy (non-hydrogen) atoms. The number of carbonyl (C=O) groups is 1. The lowest BCUT2D eigenvalue weighted by Gasteiger charge is -2.24. The summed E-state index contributed by atoms with van der Waals surface area (Å²) in [5.74, 6) is 0.518. The van der Waals surface area contributed by atoms with Gasteiger partial charge in [0.25, 0.3) is 5.56 Å². The maximum Gasteiger partial charge on any atom is 0.338 e. The number of thiazole rings is 1. The summed E-state index contributed by atoms with van der Waals surface area (Å²) in [6, 6.07) is 9.93. The van der Waals surface area contributed by atoms with Gasteiger partial charge in [-0.25, -0.2) is 9.79 Å². The van der Waals surface area contributed by atoms with Crippen LogP contribution >= 0.6 is 34.5 Å². The van der Waals surface area contributed by atoms with Crippen molar-refractivity contribution in [3.8, 4) is 11.5 Å². The van der Waals surface area contributed by atoms with Crippen LogP contribution in [0.25, 0.3) is 6.08 Å². The Morgan fingerprint density at radius 1 is 1.13 bits per heavy atom. The van der Waals surface area contributed by atoms with Gasteiger partial charge in [0.15, 0.2) is 10.6 Å². The average molecular weight is 573 g/mol. The van der Waals surface area contributed by atoms with Crippen LogP contribution in [0, 0.1) is 0 Å². The number of carbonyl (C=O) groups excluding carboxylic acids is 1. The van der Waals surface area contributed by atoms with Crippen molar-refractivity contribution in [2.75, 3.05) is 19.8 Å². The molecule has 4 rings (SSSR count). The minimum Gasteiger partial charge on any atom is -0.494 e. The van der Waals surface area contributed by atoms with Gasteiger partial charge in [-0.15, -0.1) is 0 Å². The number of rotatable bonds is 9. The molecule has 0 fully saturated rings. The Bertz CT molecular complexity index is 1570. The zero-order valence-corrected chi connectivity index (χ0v) is 23.5. The Kier molecular flexibility index (Phi) is 8.76. The molecule has 7 nitrogen and oxygen atoms in total. The van der Waals surface area contributed by atoms with Gasteiger partial charge in [-0.3, -0.25) is 9.36 Å². The number of fused-ring (bicyclic) bond motifs is 1. The molecule has 0 bridgehead atoms. The second-order valence-corrected chi connectivity index (χ2v) is 10.0. The van der Waals surface area contributed by atoms with Crippen molar-refractivity contribution in [1.29, 1.82) is 0 Å². The number of halogens is 2. The molecule has 1 aliphatic heterocycles. The molecule has 198 valence electrons. The van der Waals surface area contributed by atoms with Crippen molar-refractivity contribution < 1.29 is 19.0 Å². The van der Waals surface area contributed by atoms with E-state index in [4.69, 9.17) is 37.4 Å². The van der Waals surface area contributed by atoms with Gasteiger partial charge in [-0.05, 0) is 62.2 Å². The molecule has 1 atom stereocenters. The molecule has 1 aromatic heterocycles. The first-order chi connectivity index (χ1) is 18.3. The summed E-state index contributed by atoms with van der Waals surface area (Å²) < 4.78 is 18.4. The van der Waals surface area contributed by atoms with Crippen molar-refractivity contribution in [2.24, 2.45) is 4.99 Å². The highest BCUT2D eigenvalue weighted by Gasteiger charge is 2.33. The molecule has 0 N–H and O–H groups in total. The Morgan fingerprint density at radius 2 is 1.82 bits per heavy atom. The van der Waals surface area contributed by atoms with Crippen LogP contribution in [0.5, 0.6) is 11.5 Å². The lowest BCUT2D eigenvalue weighted by Crippen LogP contribution is -2.39. The second-order valence-electron chi connectivity index (χ2n) is 8.22. The first kappa shape index (κ1) is 27.7.